The summed E-state index contributed by atoms with van der Waals surface area (Å²) >= 11 is 1.75. The van der Waals surface area contributed by atoms with E-state index in [2.05, 4.69) is 39.4 Å². The summed E-state index contributed by atoms with van der Waals surface area (Å²) < 4.78 is 4.25. The van der Waals surface area contributed by atoms with Crippen LogP contribution in [0.15, 0.2) is 0 Å². The molecule has 0 bridgehead atoms. The van der Waals surface area contributed by atoms with E-state index in [1.165, 1.54) is 6.42 Å². The van der Waals surface area contributed by atoms with Crippen LogP contribution in [0.1, 0.15) is 41.0 Å². The van der Waals surface area contributed by atoms with Gasteiger partial charge >= 0.3 is 0 Å². The lowest BCUT2D eigenvalue weighted by molar-refractivity contribution is 0.277. The maximum Gasteiger partial charge on any atom is 0.0351 e. The van der Waals surface area contributed by atoms with Crippen LogP contribution in [0.4, 0.5) is 0 Å². The maximum absolute atomic E-state index is 4.25. The van der Waals surface area contributed by atoms with Gasteiger partial charge in [0, 0.05) is 14.2 Å². The van der Waals surface area contributed by atoms with E-state index in [1.54, 1.807) is 26.0 Å². The lowest BCUT2D eigenvalue weighted by atomic mass is 10.3. The van der Waals surface area contributed by atoms with E-state index >= 15 is 0 Å². The van der Waals surface area contributed by atoms with Crippen molar-refractivity contribution in [2.24, 2.45) is 5.92 Å². The molecule has 0 aromatic carbocycles. The zero-order chi connectivity index (χ0) is 11.7. The smallest absolute Gasteiger partial charge is 0.0351 e. The Morgan fingerprint density at radius 2 is 1.00 bits per heavy atom. The molecule has 0 saturated heterocycles. The Hall–Kier alpha value is 0.310. The molecule has 0 rings (SSSR count). The molecule has 0 atom stereocenters. The van der Waals surface area contributed by atoms with Gasteiger partial charge in [-0.2, -0.15) is 11.8 Å². The largest absolute Gasteiger partial charge is 0.388 e. The molecule has 0 spiro atoms. The predicted octanol–water partition coefficient (Wildman–Crippen LogP) is 4.32. The second-order valence-corrected chi connectivity index (χ2v) is 4.07. The highest BCUT2D eigenvalue weighted by Gasteiger charge is 1.68. The first kappa shape index (κ1) is 23.3. The average molecular weight is 210 g/mol. The first-order valence-corrected chi connectivity index (χ1v) is 6.41. The van der Waals surface area contributed by atoms with Crippen LogP contribution in [0.5, 0.6) is 0 Å². The Kier molecular flexibility index (Phi) is 70.8. The van der Waals surface area contributed by atoms with Crippen LogP contribution in [0.2, 0.25) is 0 Å². The minimum Gasteiger partial charge on any atom is -0.388 e. The molecule has 0 aromatic rings. The van der Waals surface area contributed by atoms with Crippen LogP contribution in [0, 0.1) is 5.92 Å². The van der Waals surface area contributed by atoms with Crippen molar-refractivity contribution in [1.29, 1.82) is 0 Å². The molecule has 0 amide bonds. The second kappa shape index (κ2) is 39.5. The number of thioether (sulfide) groups is 1. The Balaban J connectivity index is -0.0000000420. The van der Waals surface area contributed by atoms with Crippen molar-refractivity contribution in [1.82, 2.24) is 0 Å². The molecule has 0 aliphatic rings. The highest BCUT2D eigenvalue weighted by atomic mass is 32.2. The van der Waals surface area contributed by atoms with Gasteiger partial charge in [0.2, 0.25) is 0 Å². The quantitative estimate of drug-likeness (QED) is 0.589. The molecule has 0 saturated carbocycles. The molecule has 86 valence electrons. The molecular weight excluding hydrogens is 180 g/mol. The van der Waals surface area contributed by atoms with Crippen LogP contribution in [-0.2, 0) is 4.74 Å². The van der Waals surface area contributed by atoms with Crippen molar-refractivity contribution >= 4 is 11.8 Å². The van der Waals surface area contributed by atoms with Crippen molar-refractivity contribution in [2.45, 2.75) is 41.0 Å². The molecule has 0 radical (unpaired) electrons. The van der Waals surface area contributed by atoms with Gasteiger partial charge in [-0.1, -0.05) is 41.0 Å². The number of hydrogen-bond donors (Lipinski definition) is 0. The van der Waals surface area contributed by atoms with Gasteiger partial charge in [-0.3, -0.25) is 0 Å². The Bertz CT molecular complexity index is 31.6. The second-order valence-electron chi connectivity index (χ2n) is 3.26. The van der Waals surface area contributed by atoms with Gasteiger partial charge < -0.3 is 4.74 Å². The van der Waals surface area contributed by atoms with Gasteiger partial charge in [-0.05, 0) is 18.4 Å². The third kappa shape index (κ3) is 13600. The van der Waals surface area contributed by atoms with E-state index in [-0.39, 0.29) is 0 Å². The Morgan fingerprint density at radius 1 is 1.00 bits per heavy atom. The Morgan fingerprint density at radius 3 is 1.00 bits per heavy atom. The summed E-state index contributed by atoms with van der Waals surface area (Å²) in [4.78, 5) is 0. The standard InChI is InChI=1S/C4H10.C3H8.C2H6O.C2H6S/c1-4(2)3;3*1-3-2/h4H,1-3H3;3H2,1-2H3;2*1-2H3. The highest BCUT2D eigenvalue weighted by molar-refractivity contribution is 7.97. The van der Waals surface area contributed by atoms with Gasteiger partial charge in [-0.25, -0.2) is 0 Å². The summed E-state index contributed by atoms with van der Waals surface area (Å²) in [5.74, 6) is 0.833. The van der Waals surface area contributed by atoms with E-state index in [0.29, 0.717) is 0 Å². The fourth-order valence-electron chi connectivity index (χ4n) is 0. The van der Waals surface area contributed by atoms with Gasteiger partial charge in [0.25, 0.3) is 0 Å². The molecule has 0 aromatic heterocycles. The fraction of sp³-hybridized carbons (Fsp3) is 1.00. The minimum absolute atomic E-state index is 0.833. The summed E-state index contributed by atoms with van der Waals surface area (Å²) in [6.07, 6.45) is 5.33. The third-order valence-electron chi connectivity index (χ3n) is 0. The van der Waals surface area contributed by atoms with Crippen molar-refractivity contribution in [3.63, 3.8) is 0 Å². The summed E-state index contributed by atoms with van der Waals surface area (Å²) in [6.45, 7) is 10.8. The van der Waals surface area contributed by atoms with Gasteiger partial charge in [0.15, 0.2) is 0 Å². The molecule has 1 nitrogen and oxygen atoms in total. The number of ether oxygens (including phenoxy) is 1. The first-order valence-electron chi connectivity index (χ1n) is 4.78. The Labute approximate surface area is 90.6 Å². The molecule has 13 heavy (non-hydrogen) atoms. The number of rotatable bonds is 0. The minimum atomic E-state index is 0.833. The highest BCUT2D eigenvalue weighted by Crippen LogP contribution is 1.81. The zero-order valence-corrected chi connectivity index (χ0v) is 11.9. The average Bonchev–Trinajstić information content (AvgIpc) is 1.88. The van der Waals surface area contributed by atoms with Crippen LogP contribution in [-0.4, -0.2) is 26.7 Å². The zero-order valence-electron chi connectivity index (χ0n) is 11.1. The summed E-state index contributed by atoms with van der Waals surface area (Å²) in [5, 5.41) is 0. The lowest BCUT2D eigenvalue weighted by Gasteiger charge is -1.79. The number of hydrogen-bond acceptors (Lipinski definition) is 2. The fourth-order valence-corrected chi connectivity index (χ4v) is 0. The van der Waals surface area contributed by atoms with Crippen LogP contribution < -0.4 is 0 Å². The van der Waals surface area contributed by atoms with Crippen molar-refractivity contribution < 1.29 is 4.74 Å². The van der Waals surface area contributed by atoms with Crippen molar-refractivity contribution in [3.05, 3.63) is 0 Å². The van der Waals surface area contributed by atoms with E-state index in [0.717, 1.165) is 5.92 Å². The molecule has 0 N–H and O–H groups in total. The van der Waals surface area contributed by atoms with E-state index in [1.807, 2.05) is 12.5 Å². The van der Waals surface area contributed by atoms with Crippen LogP contribution in [0.25, 0.3) is 0 Å². The van der Waals surface area contributed by atoms with Crippen LogP contribution >= 0.6 is 11.8 Å². The third-order valence-corrected chi connectivity index (χ3v) is 0. The first-order chi connectivity index (χ1) is 5.97. The topological polar surface area (TPSA) is 9.23 Å². The molecule has 0 unspecified atom stereocenters. The SMILES string of the molecule is CC(C)C.CCC.COC.CSC. The summed E-state index contributed by atoms with van der Waals surface area (Å²) in [7, 11) is 3.25. The van der Waals surface area contributed by atoms with Crippen molar-refractivity contribution in [2.75, 3.05) is 26.7 Å². The number of methoxy groups -OCH3 is 1. The lowest BCUT2D eigenvalue weighted by Crippen LogP contribution is -1.66. The summed E-state index contributed by atoms with van der Waals surface area (Å²) in [5.41, 5.74) is 0. The molecule has 0 fully saturated rings. The summed E-state index contributed by atoms with van der Waals surface area (Å²) in [6, 6.07) is 0. The predicted molar refractivity (Wildman–Crippen MR) is 68.8 cm³/mol. The maximum atomic E-state index is 4.25. The normalized spacial score (nSPS) is 6.92. The van der Waals surface area contributed by atoms with E-state index < -0.39 is 0 Å². The molecular formula is C11H30OS. The monoisotopic (exact) mass is 210 g/mol. The van der Waals surface area contributed by atoms with Gasteiger partial charge in [-0.15, -0.1) is 0 Å². The van der Waals surface area contributed by atoms with E-state index in [9.17, 15) is 0 Å². The molecule has 0 aliphatic carbocycles. The van der Waals surface area contributed by atoms with Gasteiger partial charge in [0.05, 0.1) is 0 Å². The van der Waals surface area contributed by atoms with E-state index in [4.69, 9.17) is 0 Å². The molecule has 0 heterocycles. The molecule has 0 aliphatic heterocycles. The molecule has 2 heteroatoms. The van der Waals surface area contributed by atoms with Crippen molar-refractivity contribution in [3.8, 4) is 0 Å². The van der Waals surface area contributed by atoms with Crippen LogP contribution in [0.3, 0.4) is 0 Å². The van der Waals surface area contributed by atoms with Gasteiger partial charge in [0.1, 0.15) is 0 Å².